The summed E-state index contributed by atoms with van der Waals surface area (Å²) in [5.41, 5.74) is 0. The van der Waals surface area contributed by atoms with Crippen LogP contribution in [-0.4, -0.2) is 12.6 Å². The Kier molecular flexibility index (Phi) is 5.45. The lowest BCUT2D eigenvalue weighted by molar-refractivity contribution is 0.428. The highest BCUT2D eigenvalue weighted by molar-refractivity contribution is 4.76. The van der Waals surface area contributed by atoms with Crippen LogP contribution in [0.25, 0.3) is 0 Å². The first-order chi connectivity index (χ1) is 6.36. The van der Waals surface area contributed by atoms with E-state index >= 15 is 0 Å². The lowest BCUT2D eigenvalue weighted by atomic mass is 10.0. The van der Waals surface area contributed by atoms with E-state index in [9.17, 15) is 0 Å². The summed E-state index contributed by atoms with van der Waals surface area (Å²) in [6.45, 7) is 5.64. The van der Waals surface area contributed by atoms with E-state index in [4.69, 9.17) is 0 Å². The van der Waals surface area contributed by atoms with Crippen LogP contribution >= 0.6 is 0 Å². The summed E-state index contributed by atoms with van der Waals surface area (Å²) >= 11 is 0. The molecule has 1 saturated carbocycles. The van der Waals surface area contributed by atoms with Crippen molar-refractivity contribution in [2.24, 2.45) is 5.92 Å². The van der Waals surface area contributed by atoms with E-state index in [0.717, 1.165) is 18.5 Å². The second-order valence-electron chi connectivity index (χ2n) is 4.42. The molecule has 0 spiro atoms. The SMILES string of the molecule is CCCCC(CCC1CC1)NCC. The van der Waals surface area contributed by atoms with Gasteiger partial charge in [0.2, 0.25) is 0 Å². The smallest absolute Gasteiger partial charge is 0.00670 e. The standard InChI is InChI=1S/C12H25N/c1-3-5-6-12(13-4-2)10-9-11-7-8-11/h11-13H,3-10H2,1-2H3. The summed E-state index contributed by atoms with van der Waals surface area (Å²) < 4.78 is 0. The molecule has 0 aliphatic heterocycles. The molecular weight excluding hydrogens is 158 g/mol. The molecule has 1 fully saturated rings. The zero-order chi connectivity index (χ0) is 9.52. The molecule has 1 aliphatic carbocycles. The van der Waals surface area contributed by atoms with Crippen molar-refractivity contribution in [1.82, 2.24) is 5.32 Å². The number of rotatable bonds is 8. The molecule has 1 unspecified atom stereocenters. The van der Waals surface area contributed by atoms with Crippen molar-refractivity contribution >= 4 is 0 Å². The molecule has 1 aliphatic rings. The van der Waals surface area contributed by atoms with Crippen molar-refractivity contribution in [3.63, 3.8) is 0 Å². The fourth-order valence-corrected chi connectivity index (χ4v) is 1.93. The summed E-state index contributed by atoms with van der Waals surface area (Å²) in [5.74, 6) is 1.10. The van der Waals surface area contributed by atoms with Gasteiger partial charge in [-0.25, -0.2) is 0 Å². The maximum atomic E-state index is 3.60. The van der Waals surface area contributed by atoms with Gasteiger partial charge in [-0.2, -0.15) is 0 Å². The van der Waals surface area contributed by atoms with E-state index in [1.807, 2.05) is 0 Å². The Balaban J connectivity index is 2.03. The maximum Gasteiger partial charge on any atom is 0.00670 e. The number of nitrogens with one attached hydrogen (secondary N) is 1. The van der Waals surface area contributed by atoms with Crippen LogP contribution in [-0.2, 0) is 0 Å². The van der Waals surface area contributed by atoms with E-state index in [1.54, 1.807) is 0 Å². The lowest BCUT2D eigenvalue weighted by Gasteiger charge is -2.17. The molecule has 0 amide bonds. The van der Waals surface area contributed by atoms with Gasteiger partial charge in [-0.15, -0.1) is 0 Å². The van der Waals surface area contributed by atoms with Gasteiger partial charge < -0.3 is 5.32 Å². The fourth-order valence-electron chi connectivity index (χ4n) is 1.93. The first-order valence-electron chi connectivity index (χ1n) is 6.10. The Morgan fingerprint density at radius 1 is 1.23 bits per heavy atom. The van der Waals surface area contributed by atoms with E-state index in [2.05, 4.69) is 19.2 Å². The zero-order valence-electron chi connectivity index (χ0n) is 9.31. The molecular formula is C12H25N. The van der Waals surface area contributed by atoms with Crippen molar-refractivity contribution in [1.29, 1.82) is 0 Å². The molecule has 13 heavy (non-hydrogen) atoms. The summed E-state index contributed by atoms with van der Waals surface area (Å²) in [6.07, 6.45) is 10.0. The van der Waals surface area contributed by atoms with Crippen LogP contribution in [0.2, 0.25) is 0 Å². The third kappa shape index (κ3) is 5.30. The van der Waals surface area contributed by atoms with Crippen LogP contribution < -0.4 is 5.32 Å². The highest BCUT2D eigenvalue weighted by atomic mass is 14.9. The predicted octanol–water partition coefficient (Wildman–Crippen LogP) is 3.34. The normalized spacial score (nSPS) is 18.9. The van der Waals surface area contributed by atoms with Crippen LogP contribution in [0.1, 0.15) is 58.8 Å². The fraction of sp³-hybridized carbons (Fsp3) is 1.00. The molecule has 0 aromatic carbocycles. The first-order valence-corrected chi connectivity index (χ1v) is 6.10. The highest BCUT2D eigenvalue weighted by Gasteiger charge is 2.21. The van der Waals surface area contributed by atoms with Crippen LogP contribution in [0.15, 0.2) is 0 Å². The minimum atomic E-state index is 0.811. The molecule has 1 nitrogen and oxygen atoms in total. The first kappa shape index (κ1) is 11.0. The van der Waals surface area contributed by atoms with Gasteiger partial charge in [-0.3, -0.25) is 0 Å². The Morgan fingerprint density at radius 2 is 2.00 bits per heavy atom. The molecule has 78 valence electrons. The number of hydrogen-bond donors (Lipinski definition) is 1. The molecule has 0 bridgehead atoms. The minimum Gasteiger partial charge on any atom is -0.314 e. The summed E-state index contributed by atoms with van der Waals surface area (Å²) in [4.78, 5) is 0. The van der Waals surface area contributed by atoms with Gasteiger partial charge in [0, 0.05) is 6.04 Å². The van der Waals surface area contributed by atoms with Crippen molar-refractivity contribution < 1.29 is 0 Å². The van der Waals surface area contributed by atoms with Gasteiger partial charge in [0.05, 0.1) is 0 Å². The average Bonchev–Trinajstić information content (AvgIpc) is 2.93. The quantitative estimate of drug-likeness (QED) is 0.608. The largest absolute Gasteiger partial charge is 0.314 e. The molecule has 0 heterocycles. The van der Waals surface area contributed by atoms with Crippen LogP contribution in [0, 0.1) is 5.92 Å². The van der Waals surface area contributed by atoms with Crippen LogP contribution in [0.3, 0.4) is 0 Å². The molecule has 0 aromatic rings. The van der Waals surface area contributed by atoms with Crippen molar-refractivity contribution in [2.45, 2.75) is 64.8 Å². The molecule has 1 atom stereocenters. The van der Waals surface area contributed by atoms with Gasteiger partial charge in [0.15, 0.2) is 0 Å². The maximum absolute atomic E-state index is 3.60. The molecule has 0 radical (unpaired) electrons. The number of hydrogen-bond acceptors (Lipinski definition) is 1. The third-order valence-corrected chi connectivity index (χ3v) is 3.02. The van der Waals surface area contributed by atoms with E-state index < -0.39 is 0 Å². The topological polar surface area (TPSA) is 12.0 Å². The Hall–Kier alpha value is -0.0400. The van der Waals surface area contributed by atoms with E-state index in [1.165, 1.54) is 44.9 Å². The van der Waals surface area contributed by atoms with Gasteiger partial charge >= 0.3 is 0 Å². The van der Waals surface area contributed by atoms with Gasteiger partial charge in [0.1, 0.15) is 0 Å². The molecule has 1 heteroatoms. The molecule has 1 N–H and O–H groups in total. The van der Waals surface area contributed by atoms with Gasteiger partial charge in [-0.1, -0.05) is 39.5 Å². The van der Waals surface area contributed by atoms with Gasteiger partial charge in [-0.05, 0) is 31.7 Å². The Morgan fingerprint density at radius 3 is 2.54 bits per heavy atom. The Labute approximate surface area is 83.3 Å². The van der Waals surface area contributed by atoms with E-state index in [0.29, 0.717) is 0 Å². The zero-order valence-corrected chi connectivity index (χ0v) is 9.31. The number of unbranched alkanes of at least 4 members (excludes halogenated alkanes) is 1. The summed E-state index contributed by atoms with van der Waals surface area (Å²) in [5, 5.41) is 3.60. The summed E-state index contributed by atoms with van der Waals surface area (Å²) in [7, 11) is 0. The molecule has 0 aromatic heterocycles. The second kappa shape index (κ2) is 6.42. The molecule has 1 rings (SSSR count). The summed E-state index contributed by atoms with van der Waals surface area (Å²) in [6, 6.07) is 0.811. The predicted molar refractivity (Wildman–Crippen MR) is 58.9 cm³/mol. The molecule has 0 saturated heterocycles. The minimum absolute atomic E-state index is 0.811. The van der Waals surface area contributed by atoms with Crippen LogP contribution in [0.4, 0.5) is 0 Å². The average molecular weight is 183 g/mol. The van der Waals surface area contributed by atoms with Gasteiger partial charge in [0.25, 0.3) is 0 Å². The Bertz CT molecular complexity index is 118. The third-order valence-electron chi connectivity index (χ3n) is 3.02. The van der Waals surface area contributed by atoms with E-state index in [-0.39, 0.29) is 0 Å². The van der Waals surface area contributed by atoms with Crippen molar-refractivity contribution in [2.75, 3.05) is 6.54 Å². The second-order valence-corrected chi connectivity index (χ2v) is 4.42. The monoisotopic (exact) mass is 183 g/mol. The lowest BCUT2D eigenvalue weighted by Crippen LogP contribution is -2.28. The van der Waals surface area contributed by atoms with Crippen molar-refractivity contribution in [3.8, 4) is 0 Å². The highest BCUT2D eigenvalue weighted by Crippen LogP contribution is 2.34. The van der Waals surface area contributed by atoms with Crippen molar-refractivity contribution in [3.05, 3.63) is 0 Å². The van der Waals surface area contributed by atoms with Crippen LogP contribution in [0.5, 0.6) is 0 Å².